The van der Waals surface area contributed by atoms with Gasteiger partial charge in [-0.2, -0.15) is 17.2 Å². The third kappa shape index (κ3) is 5.10. The fourth-order valence-corrected chi connectivity index (χ4v) is 4.12. The molecule has 0 aromatic rings. The molecule has 150 valence electrons. The molecule has 0 spiro atoms. The van der Waals surface area contributed by atoms with Crippen LogP contribution in [0.25, 0.3) is 0 Å². The van der Waals surface area contributed by atoms with Crippen LogP contribution in [-0.2, 0) is 29.2 Å². The largest absolute Gasteiger partial charge is 0.465 e. The topological polar surface area (TPSA) is 127 Å². The summed E-state index contributed by atoms with van der Waals surface area (Å²) >= 11 is 0. The number of hydrogen-bond donors (Lipinski definition) is 2. The number of hydrogen-bond acceptors (Lipinski definition) is 7. The molecule has 0 aromatic heterocycles. The van der Waals surface area contributed by atoms with Crippen molar-refractivity contribution in [3.63, 3.8) is 0 Å². The predicted molar refractivity (Wildman–Crippen MR) is 82.7 cm³/mol. The summed E-state index contributed by atoms with van der Waals surface area (Å²) in [5.41, 5.74) is -0.660. The number of fused-ring (bicyclic) bond motifs is 2. The lowest BCUT2D eigenvalue weighted by molar-refractivity contribution is -0.169. The Bertz CT molecular complexity index is 650. The summed E-state index contributed by atoms with van der Waals surface area (Å²) in [4.78, 5) is 22.4. The Balaban J connectivity index is 1.70. The van der Waals surface area contributed by atoms with Crippen molar-refractivity contribution in [3.05, 3.63) is 0 Å². The van der Waals surface area contributed by atoms with E-state index in [0.29, 0.717) is 18.8 Å². The van der Waals surface area contributed by atoms with E-state index in [1.807, 2.05) is 0 Å². The molecule has 0 heterocycles. The first kappa shape index (κ1) is 21.0. The fourth-order valence-electron chi connectivity index (χ4n) is 3.85. The van der Waals surface area contributed by atoms with Gasteiger partial charge >= 0.3 is 27.3 Å². The van der Waals surface area contributed by atoms with Crippen molar-refractivity contribution >= 4 is 22.1 Å². The van der Waals surface area contributed by atoms with Crippen LogP contribution < -0.4 is 0 Å². The van der Waals surface area contributed by atoms with Gasteiger partial charge in [-0.25, -0.2) is 9.59 Å². The number of halogens is 2. The predicted octanol–water partition coefficient (Wildman–Crippen LogP) is 1.27. The summed E-state index contributed by atoms with van der Waals surface area (Å²) in [6.07, 6.45) is 5.66. The quantitative estimate of drug-likeness (QED) is 0.483. The van der Waals surface area contributed by atoms with Crippen molar-refractivity contribution in [2.24, 2.45) is 11.8 Å². The van der Waals surface area contributed by atoms with Crippen LogP contribution in [0.2, 0.25) is 0 Å². The molecule has 3 atom stereocenters. The van der Waals surface area contributed by atoms with Gasteiger partial charge in [0.1, 0.15) is 0 Å². The van der Waals surface area contributed by atoms with Crippen LogP contribution in [0.3, 0.4) is 0 Å². The number of carbonyl (C=O) groups excluding carboxylic acids is 2. The van der Waals surface area contributed by atoms with Crippen LogP contribution in [0, 0.1) is 11.8 Å². The van der Waals surface area contributed by atoms with E-state index in [2.05, 4.69) is 4.74 Å². The average Bonchev–Trinajstić information content (AvgIpc) is 2.50. The number of esters is 2. The molecule has 2 aliphatic carbocycles. The van der Waals surface area contributed by atoms with Gasteiger partial charge in [0.25, 0.3) is 0 Å². The van der Waals surface area contributed by atoms with E-state index in [1.165, 1.54) is 0 Å². The second kappa shape index (κ2) is 7.73. The standard InChI is InChI=1S/C15H22F2O8S/c16-15(17,26(21,22)23)13(19)25-9-12(18)24-5-3-11-6-10-2-1-4-14(20,7-10)8-11/h10-11,20H,1-9H2,(H,21,22,23). The van der Waals surface area contributed by atoms with Gasteiger partial charge in [-0.3, -0.25) is 4.55 Å². The van der Waals surface area contributed by atoms with Crippen molar-refractivity contribution in [1.82, 2.24) is 0 Å². The highest BCUT2D eigenvalue weighted by atomic mass is 32.2. The molecular formula is C15H22F2O8S. The summed E-state index contributed by atoms with van der Waals surface area (Å²) in [7, 11) is -5.98. The van der Waals surface area contributed by atoms with Gasteiger partial charge in [0.15, 0.2) is 6.61 Å². The summed E-state index contributed by atoms with van der Waals surface area (Å²) in [6, 6.07) is 0. The summed E-state index contributed by atoms with van der Waals surface area (Å²) in [6.45, 7) is -1.22. The zero-order valence-corrected chi connectivity index (χ0v) is 14.8. The van der Waals surface area contributed by atoms with Crippen molar-refractivity contribution in [3.8, 4) is 0 Å². The van der Waals surface area contributed by atoms with E-state index >= 15 is 0 Å². The van der Waals surface area contributed by atoms with Crippen LogP contribution in [0.4, 0.5) is 8.78 Å². The monoisotopic (exact) mass is 400 g/mol. The SMILES string of the molecule is O=C(COC(=O)C(F)(F)S(=O)(=O)O)OCCC1CC2CCCC(O)(C2)C1. The van der Waals surface area contributed by atoms with Crippen molar-refractivity contribution in [1.29, 1.82) is 0 Å². The molecule has 2 bridgehead atoms. The Morgan fingerprint density at radius 1 is 1.23 bits per heavy atom. The molecule has 0 amide bonds. The lowest BCUT2D eigenvalue weighted by Crippen LogP contribution is -2.42. The maximum atomic E-state index is 12.9. The van der Waals surface area contributed by atoms with Crippen LogP contribution in [0.1, 0.15) is 44.9 Å². The minimum atomic E-state index is -5.98. The van der Waals surface area contributed by atoms with E-state index in [-0.39, 0.29) is 12.5 Å². The van der Waals surface area contributed by atoms with E-state index in [0.717, 1.165) is 32.1 Å². The van der Waals surface area contributed by atoms with E-state index in [1.54, 1.807) is 0 Å². The third-order valence-electron chi connectivity index (χ3n) is 4.93. The zero-order chi connectivity index (χ0) is 19.6. The van der Waals surface area contributed by atoms with Crippen molar-refractivity contribution in [2.45, 2.75) is 55.8 Å². The number of alkyl halides is 2. The highest BCUT2D eigenvalue weighted by Gasteiger charge is 2.54. The van der Waals surface area contributed by atoms with E-state index < -0.39 is 39.5 Å². The molecule has 0 aromatic carbocycles. The molecule has 11 heteroatoms. The highest BCUT2D eigenvalue weighted by Crippen LogP contribution is 2.46. The molecule has 2 rings (SSSR count). The molecule has 2 aliphatic rings. The second-order valence-electron chi connectivity index (χ2n) is 7.07. The molecule has 0 radical (unpaired) electrons. The number of ether oxygens (including phenoxy) is 2. The van der Waals surface area contributed by atoms with Gasteiger partial charge < -0.3 is 14.6 Å². The number of rotatable bonds is 7. The maximum absolute atomic E-state index is 12.9. The lowest BCUT2D eigenvalue weighted by atomic mass is 9.65. The van der Waals surface area contributed by atoms with E-state index in [9.17, 15) is 31.9 Å². The van der Waals surface area contributed by atoms with Crippen LogP contribution >= 0.6 is 0 Å². The zero-order valence-electron chi connectivity index (χ0n) is 14.0. The van der Waals surface area contributed by atoms with Crippen LogP contribution in [-0.4, -0.2) is 54.1 Å². The first-order valence-corrected chi connectivity index (χ1v) is 9.77. The smallest absolute Gasteiger partial charge is 0.463 e. The Hall–Kier alpha value is -1.33. The Labute approximate surface area is 149 Å². The van der Waals surface area contributed by atoms with Gasteiger partial charge in [-0.1, -0.05) is 12.8 Å². The summed E-state index contributed by atoms with van der Waals surface area (Å²) < 4.78 is 63.5. The molecule has 2 saturated carbocycles. The Morgan fingerprint density at radius 2 is 1.92 bits per heavy atom. The second-order valence-corrected chi connectivity index (χ2v) is 8.53. The normalized spacial score (nSPS) is 29.1. The molecule has 8 nitrogen and oxygen atoms in total. The van der Waals surface area contributed by atoms with Gasteiger partial charge in [-0.15, -0.1) is 0 Å². The first-order chi connectivity index (χ1) is 11.9. The van der Waals surface area contributed by atoms with E-state index in [4.69, 9.17) is 9.29 Å². The van der Waals surface area contributed by atoms with Crippen molar-refractivity contribution < 1.29 is 45.9 Å². The number of carbonyl (C=O) groups is 2. The third-order valence-corrected chi connectivity index (χ3v) is 5.74. The molecule has 2 N–H and O–H groups in total. The Morgan fingerprint density at radius 3 is 2.54 bits per heavy atom. The summed E-state index contributed by atoms with van der Waals surface area (Å²) in [5.74, 6) is -3.04. The molecule has 26 heavy (non-hydrogen) atoms. The minimum Gasteiger partial charge on any atom is -0.463 e. The van der Waals surface area contributed by atoms with Gasteiger partial charge in [0.2, 0.25) is 0 Å². The lowest BCUT2D eigenvalue weighted by Gasteiger charge is -2.45. The molecule has 0 saturated heterocycles. The van der Waals surface area contributed by atoms with Crippen LogP contribution in [0.5, 0.6) is 0 Å². The maximum Gasteiger partial charge on any atom is 0.465 e. The molecule has 3 unspecified atom stereocenters. The van der Waals surface area contributed by atoms with Crippen molar-refractivity contribution in [2.75, 3.05) is 13.2 Å². The Kier molecular flexibility index (Phi) is 6.24. The average molecular weight is 400 g/mol. The molecule has 0 aliphatic heterocycles. The van der Waals surface area contributed by atoms with Crippen LogP contribution in [0.15, 0.2) is 0 Å². The van der Waals surface area contributed by atoms with Gasteiger partial charge in [0.05, 0.1) is 12.2 Å². The highest BCUT2D eigenvalue weighted by molar-refractivity contribution is 7.87. The summed E-state index contributed by atoms with van der Waals surface area (Å²) in [5, 5.41) is 5.31. The fraction of sp³-hybridized carbons (Fsp3) is 0.867. The number of aliphatic hydroxyl groups is 1. The molecule has 2 fully saturated rings. The minimum absolute atomic E-state index is 0.0292. The van der Waals surface area contributed by atoms with Gasteiger partial charge in [-0.05, 0) is 43.9 Å². The molecular weight excluding hydrogens is 378 g/mol. The first-order valence-electron chi connectivity index (χ1n) is 8.33. The van der Waals surface area contributed by atoms with Gasteiger partial charge in [0, 0.05) is 0 Å².